The Labute approximate surface area is 69.8 Å². The van der Waals surface area contributed by atoms with Gasteiger partial charge in [0.1, 0.15) is 0 Å². The Morgan fingerprint density at radius 1 is 1.22 bits per heavy atom. The third kappa shape index (κ3) is 5.56. The first-order valence-electron chi connectivity index (χ1n) is 2.58. The average molecular weight is 232 g/mol. The van der Waals surface area contributed by atoms with E-state index in [0.29, 0.717) is 0 Å². The molecular weight excluding hydrogens is 223 g/mol. The Balaban J connectivity index is 3.81. The largest absolute Gasteiger partial charge is 0.0991 e. The lowest BCUT2D eigenvalue weighted by molar-refractivity contribution is 1.90. The number of halogens is 1. The van der Waals surface area contributed by atoms with Crippen LogP contribution >= 0.6 is 22.6 Å². The van der Waals surface area contributed by atoms with Crippen LogP contribution in [-0.2, 0) is 0 Å². The summed E-state index contributed by atoms with van der Waals surface area (Å²) in [6.07, 6.45) is 9.31. The lowest BCUT2D eigenvalue weighted by Crippen LogP contribution is -1.54. The van der Waals surface area contributed by atoms with Gasteiger partial charge in [-0.05, 0) is 28.7 Å². The van der Waals surface area contributed by atoms with Gasteiger partial charge in [-0.15, -0.1) is 0 Å². The summed E-state index contributed by atoms with van der Waals surface area (Å²) in [7, 11) is 0. The van der Waals surface area contributed by atoms with Crippen LogP contribution in [0.1, 0.15) is 0 Å². The van der Waals surface area contributed by atoms with Gasteiger partial charge in [0.25, 0.3) is 0 Å². The van der Waals surface area contributed by atoms with Crippen molar-refractivity contribution in [2.24, 2.45) is 0 Å². The normalized spacial score (nSPS) is 11.9. The molecular formula is C8H9I. The van der Waals surface area contributed by atoms with E-state index in [0.717, 1.165) is 3.58 Å². The summed E-state index contributed by atoms with van der Waals surface area (Å²) < 4.78 is 1.13. The standard InChI is InChI=1S/C8H9I/c1-3-5-6-7-8(9)4-2/h3-7H,1-2H2/b6-5-,8-7+. The van der Waals surface area contributed by atoms with Gasteiger partial charge >= 0.3 is 0 Å². The van der Waals surface area contributed by atoms with Crippen molar-refractivity contribution in [3.05, 3.63) is 47.1 Å². The van der Waals surface area contributed by atoms with E-state index < -0.39 is 0 Å². The van der Waals surface area contributed by atoms with Gasteiger partial charge in [0.05, 0.1) is 0 Å². The maximum absolute atomic E-state index is 3.60. The Morgan fingerprint density at radius 3 is 2.33 bits per heavy atom. The summed E-state index contributed by atoms with van der Waals surface area (Å²) in [5.41, 5.74) is 0. The van der Waals surface area contributed by atoms with Gasteiger partial charge in [0.15, 0.2) is 0 Å². The first-order valence-corrected chi connectivity index (χ1v) is 3.66. The molecule has 1 heteroatoms. The monoisotopic (exact) mass is 232 g/mol. The SMILES string of the molecule is C=C/C=C\C=C(\I)C=C. The molecule has 0 aromatic carbocycles. The molecule has 0 atom stereocenters. The third-order valence-electron chi connectivity index (χ3n) is 0.698. The zero-order chi connectivity index (χ0) is 7.11. The van der Waals surface area contributed by atoms with Crippen molar-refractivity contribution in [2.45, 2.75) is 0 Å². The maximum Gasteiger partial charge on any atom is 0.0124 e. The topological polar surface area (TPSA) is 0 Å². The Kier molecular flexibility index (Phi) is 5.62. The highest BCUT2D eigenvalue weighted by molar-refractivity contribution is 14.1. The molecule has 0 N–H and O–H groups in total. The zero-order valence-corrected chi connectivity index (χ0v) is 7.34. The molecule has 0 rings (SSSR count). The highest BCUT2D eigenvalue weighted by Crippen LogP contribution is 2.05. The molecule has 0 amide bonds. The van der Waals surface area contributed by atoms with Crippen LogP contribution in [-0.4, -0.2) is 0 Å². The van der Waals surface area contributed by atoms with E-state index in [1.54, 1.807) is 12.2 Å². The molecule has 0 unspecified atom stereocenters. The van der Waals surface area contributed by atoms with Gasteiger partial charge in [-0.25, -0.2) is 0 Å². The van der Waals surface area contributed by atoms with Crippen LogP contribution in [0.5, 0.6) is 0 Å². The highest BCUT2D eigenvalue weighted by Gasteiger charge is 1.73. The van der Waals surface area contributed by atoms with Gasteiger partial charge in [-0.2, -0.15) is 0 Å². The summed E-state index contributed by atoms with van der Waals surface area (Å²) in [6, 6.07) is 0. The molecule has 0 radical (unpaired) electrons. The van der Waals surface area contributed by atoms with E-state index in [1.807, 2.05) is 18.2 Å². The molecule has 0 saturated carbocycles. The minimum Gasteiger partial charge on any atom is -0.0991 e. The van der Waals surface area contributed by atoms with Crippen LogP contribution in [0.3, 0.4) is 0 Å². The molecule has 0 aliphatic heterocycles. The lowest BCUT2D eigenvalue weighted by atomic mass is 10.4. The van der Waals surface area contributed by atoms with Crippen molar-refractivity contribution in [2.75, 3.05) is 0 Å². The lowest BCUT2D eigenvalue weighted by Gasteiger charge is -1.79. The summed E-state index contributed by atoms with van der Waals surface area (Å²) in [6.45, 7) is 7.14. The van der Waals surface area contributed by atoms with E-state index in [-0.39, 0.29) is 0 Å². The molecule has 9 heavy (non-hydrogen) atoms. The van der Waals surface area contributed by atoms with E-state index in [4.69, 9.17) is 0 Å². The first kappa shape index (κ1) is 8.69. The highest BCUT2D eigenvalue weighted by atomic mass is 127. The molecule has 0 aromatic heterocycles. The smallest absolute Gasteiger partial charge is 0.0124 e. The van der Waals surface area contributed by atoms with Crippen LogP contribution in [0.15, 0.2) is 47.1 Å². The minimum atomic E-state index is 1.13. The Bertz CT molecular complexity index is 152. The predicted molar refractivity (Wildman–Crippen MR) is 51.6 cm³/mol. The Hall–Kier alpha value is -0.310. The van der Waals surface area contributed by atoms with Crippen molar-refractivity contribution in [1.29, 1.82) is 0 Å². The zero-order valence-electron chi connectivity index (χ0n) is 5.18. The molecule has 0 aliphatic carbocycles. The number of allylic oxidation sites excluding steroid dienone is 6. The van der Waals surface area contributed by atoms with Crippen LogP contribution in [0.4, 0.5) is 0 Å². The number of hydrogen-bond donors (Lipinski definition) is 0. The first-order chi connectivity index (χ1) is 4.31. The van der Waals surface area contributed by atoms with Crippen LogP contribution < -0.4 is 0 Å². The molecule has 0 saturated heterocycles. The van der Waals surface area contributed by atoms with Gasteiger partial charge in [-0.3, -0.25) is 0 Å². The third-order valence-corrected chi connectivity index (χ3v) is 1.50. The molecule has 0 aliphatic rings. The number of hydrogen-bond acceptors (Lipinski definition) is 0. The Morgan fingerprint density at radius 2 is 1.89 bits per heavy atom. The fourth-order valence-corrected chi connectivity index (χ4v) is 0.502. The molecule has 0 aromatic rings. The van der Waals surface area contributed by atoms with Crippen molar-refractivity contribution in [1.82, 2.24) is 0 Å². The van der Waals surface area contributed by atoms with Crippen molar-refractivity contribution in [3.63, 3.8) is 0 Å². The van der Waals surface area contributed by atoms with E-state index in [1.165, 1.54) is 0 Å². The maximum atomic E-state index is 3.60. The summed E-state index contributed by atoms with van der Waals surface area (Å²) in [5.74, 6) is 0. The second-order valence-corrected chi connectivity index (χ2v) is 2.62. The predicted octanol–water partition coefficient (Wildman–Crippen LogP) is 3.23. The van der Waals surface area contributed by atoms with E-state index in [2.05, 4.69) is 35.7 Å². The fourth-order valence-electron chi connectivity index (χ4n) is 0.294. The number of rotatable bonds is 3. The second-order valence-electron chi connectivity index (χ2n) is 1.38. The van der Waals surface area contributed by atoms with Crippen LogP contribution in [0.25, 0.3) is 0 Å². The molecule has 0 nitrogen and oxygen atoms in total. The van der Waals surface area contributed by atoms with Gasteiger partial charge in [-0.1, -0.05) is 37.5 Å². The van der Waals surface area contributed by atoms with Gasteiger partial charge in [0.2, 0.25) is 0 Å². The van der Waals surface area contributed by atoms with Gasteiger partial charge < -0.3 is 0 Å². The van der Waals surface area contributed by atoms with E-state index >= 15 is 0 Å². The van der Waals surface area contributed by atoms with Crippen molar-refractivity contribution in [3.8, 4) is 0 Å². The minimum absolute atomic E-state index is 1.13. The van der Waals surface area contributed by atoms with Crippen molar-refractivity contribution < 1.29 is 0 Å². The molecule has 48 valence electrons. The van der Waals surface area contributed by atoms with Gasteiger partial charge in [0, 0.05) is 3.58 Å². The van der Waals surface area contributed by atoms with Crippen molar-refractivity contribution >= 4 is 22.6 Å². The van der Waals surface area contributed by atoms with Crippen LogP contribution in [0.2, 0.25) is 0 Å². The quantitative estimate of drug-likeness (QED) is 0.517. The second kappa shape index (κ2) is 5.82. The molecule has 0 spiro atoms. The van der Waals surface area contributed by atoms with E-state index in [9.17, 15) is 0 Å². The fraction of sp³-hybridized carbons (Fsp3) is 0. The molecule has 0 bridgehead atoms. The average Bonchev–Trinajstić information content (AvgIpc) is 1.89. The summed E-state index contributed by atoms with van der Waals surface area (Å²) in [4.78, 5) is 0. The molecule has 0 fully saturated rings. The summed E-state index contributed by atoms with van der Waals surface area (Å²) in [5, 5.41) is 0. The molecule has 0 heterocycles. The summed E-state index contributed by atoms with van der Waals surface area (Å²) >= 11 is 2.20. The van der Waals surface area contributed by atoms with Crippen LogP contribution in [0, 0.1) is 0 Å².